The summed E-state index contributed by atoms with van der Waals surface area (Å²) in [5.41, 5.74) is 1.24. The molecular formula is C16H20N4O5. The van der Waals surface area contributed by atoms with E-state index in [-0.39, 0.29) is 18.1 Å². The molecule has 0 radical (unpaired) electrons. The number of ether oxygens (including phenoxy) is 2. The molecule has 0 aliphatic rings. The lowest BCUT2D eigenvalue weighted by Gasteiger charge is -2.11. The van der Waals surface area contributed by atoms with Crippen molar-refractivity contribution >= 4 is 17.4 Å². The number of carbonyl (C=O) groups excluding carboxylic acids is 1. The summed E-state index contributed by atoms with van der Waals surface area (Å²) in [6, 6.07) is 6.52. The van der Waals surface area contributed by atoms with Gasteiger partial charge in [0.05, 0.1) is 43.3 Å². The zero-order chi connectivity index (χ0) is 18.4. The summed E-state index contributed by atoms with van der Waals surface area (Å²) in [5, 5.41) is 17.4. The highest BCUT2D eigenvalue weighted by atomic mass is 16.6. The van der Waals surface area contributed by atoms with Gasteiger partial charge in [-0.3, -0.25) is 4.79 Å². The molecule has 9 nitrogen and oxygen atoms in total. The summed E-state index contributed by atoms with van der Waals surface area (Å²) in [6.45, 7) is 2.16. The number of benzene rings is 1. The third-order valence-corrected chi connectivity index (χ3v) is 3.61. The van der Waals surface area contributed by atoms with Crippen molar-refractivity contribution in [2.75, 3.05) is 19.5 Å². The first-order chi connectivity index (χ1) is 11.9. The van der Waals surface area contributed by atoms with Gasteiger partial charge >= 0.3 is 5.82 Å². The maximum Gasteiger partial charge on any atom is 0.390 e. The number of rotatable bonds is 8. The molecule has 2 aromatic rings. The molecule has 0 saturated heterocycles. The van der Waals surface area contributed by atoms with E-state index >= 15 is 0 Å². The second kappa shape index (κ2) is 8.13. The van der Waals surface area contributed by atoms with Crippen LogP contribution in [0, 0.1) is 17.0 Å². The molecule has 9 heteroatoms. The molecule has 1 aromatic heterocycles. The fourth-order valence-corrected chi connectivity index (χ4v) is 2.31. The Labute approximate surface area is 144 Å². The maximum absolute atomic E-state index is 12.1. The average Bonchev–Trinajstić information content (AvgIpc) is 2.96. The van der Waals surface area contributed by atoms with Crippen molar-refractivity contribution in [1.82, 2.24) is 9.78 Å². The Hall–Kier alpha value is -3.10. The highest BCUT2D eigenvalue weighted by molar-refractivity contribution is 5.92. The summed E-state index contributed by atoms with van der Waals surface area (Å²) in [6.07, 6.45) is 0.756. The van der Waals surface area contributed by atoms with Gasteiger partial charge in [0.25, 0.3) is 0 Å². The van der Waals surface area contributed by atoms with Gasteiger partial charge < -0.3 is 24.9 Å². The number of aryl methyl sites for hydroxylation is 2. The number of hydrogen-bond acceptors (Lipinski definition) is 6. The van der Waals surface area contributed by atoms with E-state index in [1.807, 2.05) is 0 Å². The number of carbonyl (C=O) groups is 1. The fraction of sp³-hybridized carbons (Fsp3) is 0.375. The molecule has 0 bridgehead atoms. The molecule has 1 heterocycles. The zero-order valence-corrected chi connectivity index (χ0v) is 14.3. The van der Waals surface area contributed by atoms with E-state index in [9.17, 15) is 14.9 Å². The van der Waals surface area contributed by atoms with Gasteiger partial charge in [0.2, 0.25) is 5.91 Å². The molecule has 25 heavy (non-hydrogen) atoms. The molecule has 1 aromatic carbocycles. The Bertz CT molecular complexity index is 772. The van der Waals surface area contributed by atoms with Gasteiger partial charge in [-0.25, -0.2) is 0 Å². The van der Waals surface area contributed by atoms with Crippen LogP contribution in [0.1, 0.15) is 18.5 Å². The molecule has 0 atom stereocenters. The molecule has 134 valence electrons. The van der Waals surface area contributed by atoms with Gasteiger partial charge in [0.15, 0.2) is 0 Å². The largest absolute Gasteiger partial charge is 0.497 e. The number of nitrogens with zero attached hydrogens (tertiary/aromatic N) is 3. The predicted octanol–water partition coefficient (Wildman–Crippen LogP) is 2.54. The summed E-state index contributed by atoms with van der Waals surface area (Å²) >= 11 is 0. The topological polar surface area (TPSA) is 109 Å². The van der Waals surface area contributed by atoms with E-state index in [2.05, 4.69) is 10.4 Å². The van der Waals surface area contributed by atoms with Gasteiger partial charge in [-0.1, -0.05) is 0 Å². The number of aromatic nitrogens is 2. The predicted molar refractivity (Wildman–Crippen MR) is 91.0 cm³/mol. The second-order valence-electron chi connectivity index (χ2n) is 5.34. The van der Waals surface area contributed by atoms with Crippen LogP contribution in [-0.2, 0) is 11.3 Å². The minimum Gasteiger partial charge on any atom is -0.497 e. The highest BCUT2D eigenvalue weighted by Gasteiger charge is 2.15. The molecule has 1 amide bonds. The summed E-state index contributed by atoms with van der Waals surface area (Å²) in [5.74, 6) is 0.768. The first-order valence-electron chi connectivity index (χ1n) is 7.65. The Morgan fingerprint density at radius 3 is 2.68 bits per heavy atom. The van der Waals surface area contributed by atoms with Crippen molar-refractivity contribution in [3.63, 3.8) is 0 Å². The van der Waals surface area contributed by atoms with Crippen LogP contribution in [0.4, 0.5) is 11.5 Å². The molecule has 1 N–H and O–H groups in total. The standard InChI is InChI=1S/C16H20N4O5/c1-11-9-15(20(22)23)18-19(11)8-4-5-16(21)17-13-7-6-12(24-2)10-14(13)25-3/h6-7,9-10H,4-5,8H2,1-3H3,(H,17,21). The van der Waals surface area contributed by atoms with Crippen LogP contribution < -0.4 is 14.8 Å². The molecule has 0 spiro atoms. The van der Waals surface area contributed by atoms with E-state index in [1.165, 1.54) is 17.9 Å². The van der Waals surface area contributed by atoms with E-state index < -0.39 is 4.92 Å². The highest BCUT2D eigenvalue weighted by Crippen LogP contribution is 2.29. The molecular weight excluding hydrogens is 328 g/mol. The quantitative estimate of drug-likeness (QED) is 0.580. The minimum atomic E-state index is -0.536. The lowest BCUT2D eigenvalue weighted by atomic mass is 10.2. The number of nitro groups is 1. The SMILES string of the molecule is COc1ccc(NC(=O)CCCn2nc([N+](=O)[O-])cc2C)c(OC)c1. The first kappa shape index (κ1) is 18.2. The molecule has 0 unspecified atom stereocenters. The van der Waals surface area contributed by atoms with Crippen molar-refractivity contribution in [1.29, 1.82) is 0 Å². The van der Waals surface area contributed by atoms with Crippen LogP contribution in [-0.4, -0.2) is 34.8 Å². The Kier molecular flexibility index (Phi) is 5.93. The lowest BCUT2D eigenvalue weighted by molar-refractivity contribution is -0.389. The van der Waals surface area contributed by atoms with Crippen molar-refractivity contribution in [2.45, 2.75) is 26.3 Å². The van der Waals surface area contributed by atoms with Crippen LogP contribution in [0.3, 0.4) is 0 Å². The van der Waals surface area contributed by atoms with Crippen molar-refractivity contribution in [3.8, 4) is 11.5 Å². The summed E-state index contributed by atoms with van der Waals surface area (Å²) < 4.78 is 11.9. The van der Waals surface area contributed by atoms with Crippen LogP contribution in [0.5, 0.6) is 11.5 Å². The number of methoxy groups -OCH3 is 2. The van der Waals surface area contributed by atoms with Crippen LogP contribution >= 0.6 is 0 Å². The second-order valence-corrected chi connectivity index (χ2v) is 5.34. The van der Waals surface area contributed by atoms with Crippen molar-refractivity contribution < 1.29 is 19.2 Å². The summed E-state index contributed by atoms with van der Waals surface area (Å²) in [7, 11) is 3.06. The molecule has 0 fully saturated rings. The van der Waals surface area contributed by atoms with Crippen molar-refractivity contribution in [3.05, 3.63) is 40.1 Å². The molecule has 2 rings (SSSR count). The Morgan fingerprint density at radius 1 is 1.32 bits per heavy atom. The number of amides is 1. The van der Waals surface area contributed by atoms with Crippen molar-refractivity contribution in [2.24, 2.45) is 0 Å². The lowest BCUT2D eigenvalue weighted by Crippen LogP contribution is -2.13. The Morgan fingerprint density at radius 2 is 2.08 bits per heavy atom. The molecule has 0 saturated carbocycles. The number of nitrogens with one attached hydrogen (secondary N) is 1. The van der Waals surface area contributed by atoms with Crippen LogP contribution in [0.15, 0.2) is 24.3 Å². The number of anilines is 1. The van der Waals surface area contributed by atoms with E-state index in [0.29, 0.717) is 35.8 Å². The maximum atomic E-state index is 12.1. The van der Waals surface area contributed by atoms with Gasteiger partial charge in [-0.15, -0.1) is 0 Å². The molecule has 0 aliphatic carbocycles. The first-order valence-corrected chi connectivity index (χ1v) is 7.65. The number of hydrogen-bond donors (Lipinski definition) is 1. The Balaban J connectivity index is 1.90. The van der Waals surface area contributed by atoms with E-state index in [1.54, 1.807) is 32.2 Å². The van der Waals surface area contributed by atoms with Gasteiger partial charge in [-0.2, -0.15) is 4.68 Å². The van der Waals surface area contributed by atoms with Gasteiger partial charge in [0.1, 0.15) is 11.5 Å². The average molecular weight is 348 g/mol. The monoisotopic (exact) mass is 348 g/mol. The zero-order valence-electron chi connectivity index (χ0n) is 14.3. The molecule has 0 aliphatic heterocycles. The smallest absolute Gasteiger partial charge is 0.390 e. The minimum absolute atomic E-state index is 0.178. The van der Waals surface area contributed by atoms with Crippen LogP contribution in [0.2, 0.25) is 0 Å². The van der Waals surface area contributed by atoms with E-state index in [4.69, 9.17) is 9.47 Å². The van der Waals surface area contributed by atoms with E-state index in [0.717, 1.165) is 0 Å². The summed E-state index contributed by atoms with van der Waals surface area (Å²) in [4.78, 5) is 22.3. The van der Waals surface area contributed by atoms with Gasteiger partial charge in [0, 0.05) is 12.5 Å². The fourth-order valence-electron chi connectivity index (χ4n) is 2.31. The van der Waals surface area contributed by atoms with Crippen LogP contribution in [0.25, 0.3) is 0 Å². The van der Waals surface area contributed by atoms with Gasteiger partial charge in [-0.05, 0) is 30.4 Å². The third-order valence-electron chi connectivity index (χ3n) is 3.61. The third kappa shape index (κ3) is 4.69. The normalized spacial score (nSPS) is 10.4.